The first-order valence-corrected chi connectivity index (χ1v) is 4.08. The van der Waals surface area contributed by atoms with Crippen molar-refractivity contribution < 1.29 is 4.79 Å². The number of piperidine rings is 1. The van der Waals surface area contributed by atoms with Gasteiger partial charge in [0.15, 0.2) is 0 Å². The highest BCUT2D eigenvalue weighted by Gasteiger charge is 2.38. The summed E-state index contributed by atoms with van der Waals surface area (Å²) in [6, 6.07) is 0. The third kappa shape index (κ3) is 1.38. The first kappa shape index (κ1) is 8.53. The van der Waals surface area contributed by atoms with E-state index >= 15 is 0 Å². The Bertz CT molecular complexity index is 169. The van der Waals surface area contributed by atoms with Crippen LogP contribution in [0.5, 0.6) is 0 Å². The lowest BCUT2D eigenvalue weighted by Gasteiger charge is -2.37. The average Bonchev–Trinajstić information content (AvgIpc) is 1.95. The molecule has 0 bridgehead atoms. The number of hydrogen-bond donors (Lipinski definition) is 2. The van der Waals surface area contributed by atoms with E-state index in [0.29, 0.717) is 5.92 Å². The lowest BCUT2D eigenvalue weighted by Crippen LogP contribution is -2.49. The third-order valence-corrected chi connectivity index (χ3v) is 2.92. The van der Waals surface area contributed by atoms with Crippen LogP contribution in [0.4, 0.5) is 0 Å². The van der Waals surface area contributed by atoms with E-state index in [2.05, 4.69) is 12.2 Å². The van der Waals surface area contributed by atoms with Gasteiger partial charge in [-0.1, -0.05) is 13.8 Å². The van der Waals surface area contributed by atoms with Gasteiger partial charge in [0.05, 0.1) is 5.41 Å². The fourth-order valence-electron chi connectivity index (χ4n) is 1.50. The summed E-state index contributed by atoms with van der Waals surface area (Å²) in [4.78, 5) is 11.1. The number of carbonyl (C=O) groups excluding carboxylic acids is 1. The molecule has 0 spiro atoms. The summed E-state index contributed by atoms with van der Waals surface area (Å²) in [6.45, 7) is 5.83. The van der Waals surface area contributed by atoms with Gasteiger partial charge in [-0.2, -0.15) is 0 Å². The van der Waals surface area contributed by atoms with Crippen molar-refractivity contribution in [2.24, 2.45) is 17.1 Å². The van der Waals surface area contributed by atoms with Gasteiger partial charge in [0.1, 0.15) is 0 Å². The lowest BCUT2D eigenvalue weighted by molar-refractivity contribution is -0.130. The molecule has 0 saturated carbocycles. The van der Waals surface area contributed by atoms with Gasteiger partial charge in [-0.3, -0.25) is 4.79 Å². The molecule has 1 rings (SSSR count). The summed E-state index contributed by atoms with van der Waals surface area (Å²) in [5.74, 6) is 0.195. The highest BCUT2D eigenvalue weighted by atomic mass is 16.1. The minimum absolute atomic E-state index is 0.161. The minimum atomic E-state index is -0.286. The summed E-state index contributed by atoms with van der Waals surface area (Å²) in [6.07, 6.45) is 0.865. The molecule has 0 aromatic rings. The first-order chi connectivity index (χ1) is 5.07. The zero-order chi connectivity index (χ0) is 8.48. The molecule has 0 aliphatic carbocycles. The van der Waals surface area contributed by atoms with E-state index in [4.69, 9.17) is 5.73 Å². The quantitative estimate of drug-likeness (QED) is 0.566. The van der Waals surface area contributed by atoms with Crippen LogP contribution in [0.25, 0.3) is 0 Å². The molecular weight excluding hydrogens is 140 g/mol. The second-order valence-corrected chi connectivity index (χ2v) is 3.64. The predicted octanol–water partition coefficient (Wildman–Crippen LogP) is 0.107. The molecular formula is C8H16N2O. The molecule has 0 aromatic carbocycles. The van der Waals surface area contributed by atoms with E-state index in [0.717, 1.165) is 19.5 Å². The summed E-state index contributed by atoms with van der Waals surface area (Å²) < 4.78 is 0. The number of rotatable bonds is 1. The lowest BCUT2D eigenvalue weighted by atomic mass is 9.73. The zero-order valence-corrected chi connectivity index (χ0v) is 7.18. The average molecular weight is 156 g/mol. The Morgan fingerprint density at radius 2 is 2.36 bits per heavy atom. The molecule has 1 aliphatic heterocycles. The van der Waals surface area contributed by atoms with E-state index in [9.17, 15) is 4.79 Å². The molecule has 1 amide bonds. The van der Waals surface area contributed by atoms with Gasteiger partial charge in [-0.15, -0.1) is 0 Å². The van der Waals surface area contributed by atoms with Crippen LogP contribution in [0.3, 0.4) is 0 Å². The van der Waals surface area contributed by atoms with Crippen molar-refractivity contribution in [3.05, 3.63) is 0 Å². The molecule has 2 unspecified atom stereocenters. The van der Waals surface area contributed by atoms with Crippen LogP contribution in [0, 0.1) is 11.3 Å². The smallest absolute Gasteiger partial charge is 0.223 e. The number of primary amides is 1. The van der Waals surface area contributed by atoms with Crippen molar-refractivity contribution in [2.45, 2.75) is 20.3 Å². The topological polar surface area (TPSA) is 55.1 Å². The van der Waals surface area contributed by atoms with Gasteiger partial charge < -0.3 is 11.1 Å². The van der Waals surface area contributed by atoms with Gasteiger partial charge in [0.25, 0.3) is 0 Å². The van der Waals surface area contributed by atoms with E-state index in [1.54, 1.807) is 0 Å². The molecule has 1 saturated heterocycles. The number of amides is 1. The SMILES string of the molecule is CC1CNCCC1(C)C(N)=O. The van der Waals surface area contributed by atoms with Crippen LogP contribution in [-0.4, -0.2) is 19.0 Å². The van der Waals surface area contributed by atoms with Crippen LogP contribution < -0.4 is 11.1 Å². The number of hydrogen-bond acceptors (Lipinski definition) is 2. The minimum Gasteiger partial charge on any atom is -0.369 e. The largest absolute Gasteiger partial charge is 0.369 e. The summed E-state index contributed by atoms with van der Waals surface area (Å²) in [5.41, 5.74) is 5.04. The predicted molar refractivity (Wildman–Crippen MR) is 44.0 cm³/mol. The van der Waals surface area contributed by atoms with Crippen molar-refractivity contribution in [1.29, 1.82) is 0 Å². The first-order valence-electron chi connectivity index (χ1n) is 4.08. The molecule has 64 valence electrons. The third-order valence-electron chi connectivity index (χ3n) is 2.92. The van der Waals surface area contributed by atoms with Crippen LogP contribution in [0.2, 0.25) is 0 Å². The Morgan fingerprint density at radius 3 is 2.73 bits per heavy atom. The highest BCUT2D eigenvalue weighted by molar-refractivity contribution is 5.80. The molecule has 3 nitrogen and oxygen atoms in total. The van der Waals surface area contributed by atoms with Crippen LogP contribution in [0.1, 0.15) is 20.3 Å². The Hall–Kier alpha value is -0.570. The summed E-state index contributed by atoms with van der Waals surface area (Å²) >= 11 is 0. The standard InChI is InChI=1S/C8H16N2O/c1-6-5-10-4-3-8(6,2)7(9)11/h6,10H,3-5H2,1-2H3,(H2,9,11). The molecule has 0 radical (unpaired) electrons. The number of nitrogens with two attached hydrogens (primary N) is 1. The Labute approximate surface area is 67.3 Å². The van der Waals surface area contributed by atoms with Gasteiger partial charge in [0.2, 0.25) is 5.91 Å². The van der Waals surface area contributed by atoms with Crippen molar-refractivity contribution in [1.82, 2.24) is 5.32 Å². The zero-order valence-electron chi connectivity index (χ0n) is 7.18. The normalized spacial score (nSPS) is 38.5. The molecule has 3 heteroatoms. The molecule has 3 N–H and O–H groups in total. The Morgan fingerprint density at radius 1 is 1.73 bits per heavy atom. The molecule has 2 atom stereocenters. The van der Waals surface area contributed by atoms with Crippen molar-refractivity contribution >= 4 is 5.91 Å². The molecule has 1 heterocycles. The molecule has 0 aromatic heterocycles. The maximum atomic E-state index is 11.1. The maximum Gasteiger partial charge on any atom is 0.223 e. The van der Waals surface area contributed by atoms with Crippen molar-refractivity contribution in [3.8, 4) is 0 Å². The number of nitrogens with one attached hydrogen (secondary N) is 1. The van der Waals surface area contributed by atoms with Gasteiger partial charge in [-0.25, -0.2) is 0 Å². The van der Waals surface area contributed by atoms with Gasteiger partial charge >= 0.3 is 0 Å². The van der Waals surface area contributed by atoms with Gasteiger partial charge in [0, 0.05) is 0 Å². The molecule has 11 heavy (non-hydrogen) atoms. The number of carbonyl (C=O) groups is 1. The van der Waals surface area contributed by atoms with E-state index in [-0.39, 0.29) is 11.3 Å². The summed E-state index contributed by atoms with van der Waals surface area (Å²) in [7, 11) is 0. The Kier molecular flexibility index (Phi) is 2.18. The highest BCUT2D eigenvalue weighted by Crippen LogP contribution is 2.32. The van der Waals surface area contributed by atoms with Gasteiger partial charge in [-0.05, 0) is 25.4 Å². The van der Waals surface area contributed by atoms with Crippen LogP contribution >= 0.6 is 0 Å². The second kappa shape index (κ2) is 2.81. The maximum absolute atomic E-state index is 11.1. The monoisotopic (exact) mass is 156 g/mol. The van der Waals surface area contributed by atoms with Crippen molar-refractivity contribution in [2.75, 3.05) is 13.1 Å². The van der Waals surface area contributed by atoms with E-state index in [1.165, 1.54) is 0 Å². The van der Waals surface area contributed by atoms with Crippen molar-refractivity contribution in [3.63, 3.8) is 0 Å². The fourth-order valence-corrected chi connectivity index (χ4v) is 1.50. The van der Waals surface area contributed by atoms with Crippen LogP contribution in [-0.2, 0) is 4.79 Å². The fraction of sp³-hybridized carbons (Fsp3) is 0.875. The molecule has 1 aliphatic rings. The van der Waals surface area contributed by atoms with E-state index in [1.807, 2.05) is 6.92 Å². The van der Waals surface area contributed by atoms with E-state index < -0.39 is 0 Å². The molecule has 1 fully saturated rings. The summed E-state index contributed by atoms with van der Waals surface area (Å²) in [5, 5.41) is 3.24. The van der Waals surface area contributed by atoms with Crippen LogP contribution in [0.15, 0.2) is 0 Å². The Balaban J connectivity index is 2.72. The second-order valence-electron chi connectivity index (χ2n) is 3.64.